The number of hydrogen-bond donors (Lipinski definition) is 1. The number of methoxy groups -OCH3 is 2. The van der Waals surface area contributed by atoms with Crippen LogP contribution < -0.4 is 14.8 Å². The Morgan fingerprint density at radius 2 is 1.85 bits per heavy atom. The fraction of sp³-hybridized carbons (Fsp3) is 0.190. The number of carbonyl (C=O) groups is 1. The van der Waals surface area contributed by atoms with Crippen molar-refractivity contribution in [1.82, 2.24) is 15.3 Å². The molecular formula is C21H21N3O3. The molecule has 3 rings (SSSR count). The van der Waals surface area contributed by atoms with Crippen LogP contribution in [0.5, 0.6) is 11.5 Å². The number of benzene rings is 2. The summed E-state index contributed by atoms with van der Waals surface area (Å²) in [6.45, 7) is 2.13. The Balaban J connectivity index is 1.73. The average Bonchev–Trinajstić information content (AvgIpc) is 2.72. The zero-order chi connectivity index (χ0) is 19.2. The predicted molar refractivity (Wildman–Crippen MR) is 103 cm³/mol. The summed E-state index contributed by atoms with van der Waals surface area (Å²) in [5.41, 5.74) is 2.84. The molecule has 0 unspecified atom stereocenters. The lowest BCUT2D eigenvalue weighted by Gasteiger charge is -2.12. The lowest BCUT2D eigenvalue weighted by molar-refractivity contribution is 0.0949. The predicted octanol–water partition coefficient (Wildman–Crippen LogP) is 3.40. The van der Waals surface area contributed by atoms with Gasteiger partial charge < -0.3 is 14.8 Å². The summed E-state index contributed by atoms with van der Waals surface area (Å²) in [7, 11) is 3.18. The van der Waals surface area contributed by atoms with E-state index in [4.69, 9.17) is 9.47 Å². The van der Waals surface area contributed by atoms with Crippen molar-refractivity contribution in [3.8, 4) is 22.9 Å². The van der Waals surface area contributed by atoms with Crippen molar-refractivity contribution in [3.05, 3.63) is 71.5 Å². The third-order valence-corrected chi connectivity index (χ3v) is 4.19. The first-order valence-corrected chi connectivity index (χ1v) is 8.50. The summed E-state index contributed by atoms with van der Waals surface area (Å²) in [6, 6.07) is 15.1. The number of nitrogens with zero attached hydrogens (tertiary/aromatic N) is 2. The van der Waals surface area contributed by atoms with Crippen LogP contribution in [0.2, 0.25) is 0 Å². The number of hydrogen-bond acceptors (Lipinski definition) is 5. The lowest BCUT2D eigenvalue weighted by Crippen LogP contribution is -2.24. The molecule has 2 aromatic carbocycles. The van der Waals surface area contributed by atoms with Crippen LogP contribution in [-0.2, 0) is 6.54 Å². The van der Waals surface area contributed by atoms with Gasteiger partial charge in [0.25, 0.3) is 5.91 Å². The van der Waals surface area contributed by atoms with E-state index in [0.29, 0.717) is 35.1 Å². The molecule has 27 heavy (non-hydrogen) atoms. The highest BCUT2D eigenvalue weighted by atomic mass is 16.5. The van der Waals surface area contributed by atoms with Crippen LogP contribution in [0, 0.1) is 6.92 Å². The number of amides is 1. The second-order valence-corrected chi connectivity index (χ2v) is 5.92. The van der Waals surface area contributed by atoms with Crippen LogP contribution in [0.3, 0.4) is 0 Å². The number of rotatable bonds is 6. The van der Waals surface area contributed by atoms with Gasteiger partial charge in [0.1, 0.15) is 11.5 Å². The zero-order valence-corrected chi connectivity index (χ0v) is 15.5. The van der Waals surface area contributed by atoms with E-state index < -0.39 is 0 Å². The average molecular weight is 363 g/mol. The summed E-state index contributed by atoms with van der Waals surface area (Å²) in [5, 5.41) is 2.89. The van der Waals surface area contributed by atoms with Gasteiger partial charge in [-0.05, 0) is 19.1 Å². The van der Waals surface area contributed by atoms with Crippen molar-refractivity contribution >= 4 is 5.91 Å². The van der Waals surface area contributed by atoms with Crippen LogP contribution in [0.15, 0.2) is 54.7 Å². The minimum Gasteiger partial charge on any atom is -0.497 e. The quantitative estimate of drug-likeness (QED) is 0.727. The Labute approximate surface area is 158 Å². The van der Waals surface area contributed by atoms with E-state index in [2.05, 4.69) is 15.3 Å². The first-order chi connectivity index (χ1) is 13.1. The number of aromatic nitrogens is 2. The Bertz CT molecular complexity index is 943. The first-order valence-electron chi connectivity index (χ1n) is 8.50. The highest BCUT2D eigenvalue weighted by molar-refractivity contribution is 5.95. The molecule has 0 saturated heterocycles. The monoisotopic (exact) mass is 363 g/mol. The Morgan fingerprint density at radius 3 is 2.52 bits per heavy atom. The van der Waals surface area contributed by atoms with Crippen LogP contribution in [0.25, 0.3) is 11.4 Å². The van der Waals surface area contributed by atoms with Gasteiger partial charge in [-0.1, -0.05) is 30.3 Å². The molecular weight excluding hydrogens is 342 g/mol. The Hall–Kier alpha value is -3.41. The standard InChI is InChI=1S/C21H21N3O3/c1-14-18(13-22-20(24-14)15-7-5-4-6-8-15)21(25)23-12-16-9-10-17(26-2)11-19(16)27-3/h4-11,13H,12H2,1-3H3,(H,23,25). The van der Waals surface area contributed by atoms with Crippen molar-refractivity contribution < 1.29 is 14.3 Å². The molecule has 138 valence electrons. The molecule has 0 aliphatic carbocycles. The molecule has 1 N–H and O–H groups in total. The molecule has 1 amide bonds. The van der Waals surface area contributed by atoms with Crippen molar-refractivity contribution in [2.75, 3.05) is 14.2 Å². The Kier molecular flexibility index (Phi) is 5.66. The second-order valence-electron chi connectivity index (χ2n) is 5.92. The summed E-state index contributed by atoms with van der Waals surface area (Å²) in [4.78, 5) is 21.3. The summed E-state index contributed by atoms with van der Waals surface area (Å²) >= 11 is 0. The molecule has 0 bridgehead atoms. The van der Waals surface area contributed by atoms with E-state index in [1.807, 2.05) is 42.5 Å². The van der Waals surface area contributed by atoms with Crippen molar-refractivity contribution in [3.63, 3.8) is 0 Å². The van der Waals surface area contributed by atoms with Gasteiger partial charge in [0.2, 0.25) is 0 Å². The number of ether oxygens (including phenoxy) is 2. The van der Waals surface area contributed by atoms with Gasteiger partial charge in [0.05, 0.1) is 25.5 Å². The Morgan fingerprint density at radius 1 is 1.07 bits per heavy atom. The van der Waals surface area contributed by atoms with Gasteiger partial charge >= 0.3 is 0 Å². The minimum absolute atomic E-state index is 0.231. The van der Waals surface area contributed by atoms with Crippen LogP contribution >= 0.6 is 0 Å². The van der Waals surface area contributed by atoms with Crippen molar-refractivity contribution in [1.29, 1.82) is 0 Å². The third-order valence-electron chi connectivity index (χ3n) is 4.19. The van der Waals surface area contributed by atoms with E-state index in [9.17, 15) is 4.79 Å². The normalized spacial score (nSPS) is 10.3. The van der Waals surface area contributed by atoms with E-state index in [0.717, 1.165) is 11.1 Å². The molecule has 0 aliphatic heterocycles. The largest absolute Gasteiger partial charge is 0.497 e. The highest BCUT2D eigenvalue weighted by Crippen LogP contribution is 2.24. The summed E-state index contributed by atoms with van der Waals surface area (Å²) in [6.07, 6.45) is 1.56. The molecule has 0 fully saturated rings. The second kappa shape index (κ2) is 8.31. The molecule has 6 nitrogen and oxygen atoms in total. The third kappa shape index (κ3) is 4.23. The van der Waals surface area contributed by atoms with Gasteiger partial charge in [-0.15, -0.1) is 0 Å². The van der Waals surface area contributed by atoms with Gasteiger partial charge in [0.15, 0.2) is 5.82 Å². The lowest BCUT2D eigenvalue weighted by atomic mass is 10.1. The maximum absolute atomic E-state index is 12.6. The highest BCUT2D eigenvalue weighted by Gasteiger charge is 2.13. The SMILES string of the molecule is COc1ccc(CNC(=O)c2cnc(-c3ccccc3)nc2C)c(OC)c1. The van der Waals surface area contributed by atoms with Gasteiger partial charge in [0, 0.05) is 29.9 Å². The summed E-state index contributed by atoms with van der Waals surface area (Å²) in [5.74, 6) is 1.72. The fourth-order valence-electron chi connectivity index (χ4n) is 2.68. The molecule has 1 heterocycles. The van der Waals surface area contributed by atoms with Gasteiger partial charge in [-0.2, -0.15) is 0 Å². The zero-order valence-electron chi connectivity index (χ0n) is 15.5. The topological polar surface area (TPSA) is 73.3 Å². The van der Waals surface area contributed by atoms with Crippen LogP contribution in [0.1, 0.15) is 21.6 Å². The summed E-state index contributed by atoms with van der Waals surface area (Å²) < 4.78 is 10.5. The molecule has 0 atom stereocenters. The molecule has 0 aliphatic rings. The van der Waals surface area contributed by atoms with E-state index in [1.54, 1.807) is 33.4 Å². The maximum Gasteiger partial charge on any atom is 0.254 e. The number of carbonyl (C=O) groups excluding carboxylic acids is 1. The van der Waals surface area contributed by atoms with Gasteiger partial charge in [-0.3, -0.25) is 4.79 Å². The first kappa shape index (κ1) is 18.4. The number of aryl methyl sites for hydroxylation is 1. The van der Waals surface area contributed by atoms with Crippen LogP contribution in [-0.4, -0.2) is 30.1 Å². The van der Waals surface area contributed by atoms with E-state index in [-0.39, 0.29) is 5.91 Å². The smallest absolute Gasteiger partial charge is 0.254 e. The van der Waals surface area contributed by atoms with Crippen LogP contribution in [0.4, 0.5) is 0 Å². The van der Waals surface area contributed by atoms with E-state index >= 15 is 0 Å². The molecule has 0 spiro atoms. The minimum atomic E-state index is -0.231. The molecule has 3 aromatic rings. The fourth-order valence-corrected chi connectivity index (χ4v) is 2.68. The van der Waals surface area contributed by atoms with Gasteiger partial charge in [-0.25, -0.2) is 9.97 Å². The molecule has 0 radical (unpaired) electrons. The van der Waals surface area contributed by atoms with Crippen molar-refractivity contribution in [2.24, 2.45) is 0 Å². The van der Waals surface area contributed by atoms with E-state index in [1.165, 1.54) is 0 Å². The molecule has 6 heteroatoms. The molecule has 0 saturated carbocycles. The molecule has 1 aromatic heterocycles. The number of nitrogens with one attached hydrogen (secondary N) is 1. The maximum atomic E-state index is 12.6. The van der Waals surface area contributed by atoms with Crippen molar-refractivity contribution in [2.45, 2.75) is 13.5 Å².